The summed E-state index contributed by atoms with van der Waals surface area (Å²) in [6.07, 6.45) is 0. The van der Waals surface area contributed by atoms with Gasteiger partial charge in [0, 0.05) is 44.1 Å². The van der Waals surface area contributed by atoms with Crippen LogP contribution in [0.25, 0.3) is 25.1 Å². The van der Waals surface area contributed by atoms with Crippen LogP contribution in [0.4, 0.5) is 0 Å². The molecule has 0 radical (unpaired) electrons. The van der Waals surface area contributed by atoms with Crippen LogP contribution in [0.5, 0.6) is 5.75 Å². The van der Waals surface area contributed by atoms with Gasteiger partial charge in [-0.3, -0.25) is 0 Å². The second-order valence-corrected chi connectivity index (χ2v) is 12.2. The van der Waals surface area contributed by atoms with Gasteiger partial charge in [0.1, 0.15) is 5.75 Å². The van der Waals surface area contributed by atoms with Gasteiger partial charge in [-0.1, -0.05) is 24.3 Å². The lowest BCUT2D eigenvalue weighted by Crippen LogP contribution is -2.13. The molecule has 5 rings (SSSR count). The monoisotopic (exact) mass is 759 g/mol. The molecule has 0 aliphatic carbocycles. The molecule has 0 N–H and O–H groups in total. The van der Waals surface area contributed by atoms with Gasteiger partial charge in [0.2, 0.25) is 0 Å². The molecule has 0 aliphatic heterocycles. The molecule has 0 atom stereocenters. The van der Waals surface area contributed by atoms with Gasteiger partial charge >= 0.3 is 5.97 Å². The second-order valence-electron chi connectivity index (χ2n) is 6.88. The Hall–Kier alpha value is -1.24. The van der Waals surface area contributed by atoms with Gasteiger partial charge in [-0.05, 0) is 116 Å². The first kappa shape index (κ1) is 21.6. The molecule has 0 unspecified atom stereocenters. The van der Waals surface area contributed by atoms with Crippen LogP contribution in [-0.4, -0.2) is 5.97 Å². The average Bonchev–Trinajstić information content (AvgIpc) is 3.12. The number of esters is 1. The van der Waals surface area contributed by atoms with Crippen molar-refractivity contribution in [3.05, 3.63) is 101 Å². The minimum Gasteiger partial charge on any atom is -0.423 e. The van der Waals surface area contributed by atoms with Crippen molar-refractivity contribution >= 4 is 104 Å². The minimum atomic E-state index is -0.320. The molecule has 0 bridgehead atoms. The van der Waals surface area contributed by atoms with Gasteiger partial charge in [0.15, 0.2) is 14.3 Å². The largest absolute Gasteiger partial charge is 0.423 e. The van der Waals surface area contributed by atoms with Gasteiger partial charge in [-0.15, -0.1) is 0 Å². The topological polar surface area (TPSA) is 26.3 Å². The number of halogens is 3. The summed E-state index contributed by atoms with van der Waals surface area (Å²) < 4.78 is 11.3. The first-order valence-corrected chi connectivity index (χ1v) is 13.9. The summed E-state index contributed by atoms with van der Waals surface area (Å²) in [4.78, 5) is 14.1. The lowest BCUT2D eigenvalue weighted by Gasteiger charge is -2.09. The summed E-state index contributed by atoms with van der Waals surface area (Å²) >= 11 is 6.63. The first-order valence-electron chi connectivity index (χ1n) is 9.43. The van der Waals surface area contributed by atoms with E-state index in [0.717, 1.165) is 10.7 Å². The zero-order valence-electron chi connectivity index (χ0n) is 15.9. The fraction of sp³-hybridized carbons (Fsp3) is 0. The van der Waals surface area contributed by atoms with E-state index in [2.05, 4.69) is 128 Å². The SMILES string of the molecule is O=C(Oc1ccc(-[s+]2c3ccccc3c3ccccc32)cc1)c1c(I)ccc(I)c1I. The number of thiophene rings is 1. The fourth-order valence-corrected chi connectivity index (χ4v) is 8.33. The van der Waals surface area contributed by atoms with E-state index < -0.39 is 0 Å². The molecule has 0 saturated carbocycles. The smallest absolute Gasteiger partial charge is 0.345 e. The van der Waals surface area contributed by atoms with Gasteiger partial charge < -0.3 is 4.74 Å². The van der Waals surface area contributed by atoms with Crippen LogP contribution in [0.15, 0.2) is 84.9 Å². The number of carbonyl (C=O) groups is 1. The summed E-state index contributed by atoms with van der Waals surface area (Å²) in [6, 6.07) is 29.1. The fourth-order valence-electron chi connectivity index (χ4n) is 3.62. The molecule has 2 nitrogen and oxygen atoms in total. The number of hydrogen-bond donors (Lipinski definition) is 0. The molecule has 0 fully saturated rings. The van der Waals surface area contributed by atoms with E-state index >= 15 is 0 Å². The molecule has 0 spiro atoms. The van der Waals surface area contributed by atoms with Crippen LogP contribution >= 0.6 is 78.2 Å². The molecule has 0 amide bonds. The number of ether oxygens (including phenoxy) is 1. The van der Waals surface area contributed by atoms with Gasteiger partial charge in [0.25, 0.3) is 0 Å². The maximum absolute atomic E-state index is 12.8. The number of benzene rings is 4. The number of hydrogen-bond acceptors (Lipinski definition) is 2. The highest BCUT2D eigenvalue weighted by molar-refractivity contribution is 14.1. The summed E-state index contributed by atoms with van der Waals surface area (Å²) in [7, 11) is -0.152. The van der Waals surface area contributed by atoms with E-state index in [0.29, 0.717) is 11.3 Å². The Bertz CT molecular complexity index is 1400. The van der Waals surface area contributed by atoms with Crippen LogP contribution in [0.2, 0.25) is 0 Å². The zero-order valence-corrected chi connectivity index (χ0v) is 23.2. The van der Waals surface area contributed by atoms with E-state index in [-0.39, 0.29) is 16.4 Å². The quantitative estimate of drug-likeness (QED) is 0.0605. The van der Waals surface area contributed by atoms with Gasteiger partial charge in [-0.25, -0.2) is 4.79 Å². The third kappa shape index (κ3) is 4.00. The second kappa shape index (κ2) is 8.95. The molecule has 5 aromatic rings. The van der Waals surface area contributed by atoms with Crippen LogP contribution in [0.3, 0.4) is 0 Å². The molecule has 1 heterocycles. The van der Waals surface area contributed by atoms with E-state index in [4.69, 9.17) is 4.74 Å². The predicted octanol–water partition coefficient (Wildman–Crippen LogP) is 8.76. The summed E-state index contributed by atoms with van der Waals surface area (Å²) in [5.41, 5.74) is 0.623. The third-order valence-corrected chi connectivity index (χ3v) is 11.3. The van der Waals surface area contributed by atoms with Gasteiger partial charge in [0.05, 0.1) is 5.56 Å². The van der Waals surface area contributed by atoms with Crippen molar-refractivity contribution in [2.24, 2.45) is 0 Å². The number of fused-ring (bicyclic) bond motifs is 3. The molecule has 1 aromatic heterocycles. The normalized spacial score (nSPS) is 11.2. The molecule has 31 heavy (non-hydrogen) atoms. The number of carbonyl (C=O) groups excluding carboxylic acids is 1. The highest BCUT2D eigenvalue weighted by Crippen LogP contribution is 2.48. The maximum atomic E-state index is 12.8. The molecule has 0 aliphatic rings. The molecule has 0 saturated heterocycles. The lowest BCUT2D eigenvalue weighted by molar-refractivity contribution is 0.0732. The number of rotatable bonds is 3. The van der Waals surface area contributed by atoms with Crippen LogP contribution in [0, 0.1) is 10.7 Å². The van der Waals surface area contributed by atoms with Crippen molar-refractivity contribution in [3.63, 3.8) is 0 Å². The maximum Gasteiger partial charge on any atom is 0.345 e. The van der Waals surface area contributed by atoms with Crippen molar-refractivity contribution in [2.75, 3.05) is 0 Å². The summed E-state index contributed by atoms with van der Waals surface area (Å²) in [5, 5.41) is 2.61. The molecular formula is C25H14I3O2S+. The average molecular weight is 759 g/mol. The van der Waals surface area contributed by atoms with Crippen molar-refractivity contribution in [1.82, 2.24) is 0 Å². The third-order valence-electron chi connectivity index (χ3n) is 5.02. The van der Waals surface area contributed by atoms with Crippen molar-refractivity contribution in [2.45, 2.75) is 0 Å². The Labute approximate surface area is 223 Å². The Balaban J connectivity index is 1.52. The van der Waals surface area contributed by atoms with Crippen LogP contribution in [0.1, 0.15) is 10.4 Å². The molecular weight excluding hydrogens is 745 g/mol. The van der Waals surface area contributed by atoms with E-state index in [1.54, 1.807) is 0 Å². The summed E-state index contributed by atoms with van der Waals surface area (Å²) in [5.74, 6) is 0.239. The predicted molar refractivity (Wildman–Crippen MR) is 155 cm³/mol. The first-order chi connectivity index (χ1) is 15.0. The lowest BCUT2D eigenvalue weighted by atomic mass is 10.2. The highest BCUT2D eigenvalue weighted by Gasteiger charge is 2.23. The zero-order chi connectivity index (χ0) is 21.5. The van der Waals surface area contributed by atoms with Crippen LogP contribution < -0.4 is 4.74 Å². The van der Waals surface area contributed by atoms with Crippen LogP contribution in [-0.2, 0) is 0 Å². The highest BCUT2D eigenvalue weighted by atomic mass is 127. The van der Waals surface area contributed by atoms with E-state index in [9.17, 15) is 4.79 Å². The van der Waals surface area contributed by atoms with Crippen molar-refractivity contribution in [1.29, 1.82) is 0 Å². The Morgan fingerprint density at radius 1 is 0.677 bits per heavy atom. The Morgan fingerprint density at radius 2 is 1.23 bits per heavy atom. The molecule has 6 heteroatoms. The molecule has 152 valence electrons. The Kier molecular flexibility index (Phi) is 6.24. The van der Waals surface area contributed by atoms with E-state index in [1.165, 1.54) is 25.1 Å². The Morgan fingerprint density at radius 3 is 1.84 bits per heavy atom. The summed E-state index contributed by atoms with van der Waals surface area (Å²) in [6.45, 7) is 0. The molecule has 4 aromatic carbocycles. The van der Waals surface area contributed by atoms with Gasteiger partial charge in [-0.2, -0.15) is 0 Å². The standard InChI is InChI=1S/C25H14I3O2S/c26-19-13-14-20(27)24(28)23(19)25(29)30-15-9-11-16(12-10-15)31-21-7-3-1-5-17(21)18-6-2-4-8-22(18)31/h1-14H/q+1. The van der Waals surface area contributed by atoms with Crippen molar-refractivity contribution < 1.29 is 9.53 Å². The van der Waals surface area contributed by atoms with E-state index in [1.807, 2.05) is 24.3 Å². The van der Waals surface area contributed by atoms with Crippen molar-refractivity contribution in [3.8, 4) is 10.6 Å². The minimum absolute atomic E-state index is 0.152.